The number of esters is 1. The van der Waals surface area contributed by atoms with Crippen LogP contribution in [0.2, 0.25) is 0 Å². The zero-order chi connectivity index (χ0) is 27.3. The van der Waals surface area contributed by atoms with Crippen LogP contribution in [0.1, 0.15) is 57.3 Å². The van der Waals surface area contributed by atoms with Crippen molar-refractivity contribution in [2.24, 2.45) is 0 Å². The summed E-state index contributed by atoms with van der Waals surface area (Å²) in [6.45, 7) is 5.28. The van der Waals surface area contributed by atoms with Crippen molar-refractivity contribution in [3.8, 4) is 0 Å². The number of hydrogen-bond donors (Lipinski definition) is 1. The van der Waals surface area contributed by atoms with E-state index >= 15 is 0 Å². The third-order valence-electron chi connectivity index (χ3n) is 6.20. The molecule has 2 aliphatic heterocycles. The Morgan fingerprint density at radius 3 is 2.21 bits per heavy atom. The lowest BCUT2D eigenvalue weighted by Gasteiger charge is -2.49. The molecule has 1 N–H and O–H groups in total. The third kappa shape index (κ3) is 6.53. The number of fused-ring (bicyclic) bond motifs is 1. The van der Waals surface area contributed by atoms with Gasteiger partial charge in [-0.1, -0.05) is 60.7 Å². The van der Waals surface area contributed by atoms with Crippen molar-refractivity contribution in [3.05, 3.63) is 83.1 Å². The number of nitrogens with one attached hydrogen (secondary N) is 1. The number of ether oxygens (including phenoxy) is 2. The van der Waals surface area contributed by atoms with Gasteiger partial charge in [-0.15, -0.1) is 23.4 Å². The number of rotatable bonds is 9. The Bertz CT molecular complexity index is 1140. The third-order valence-corrected chi connectivity index (χ3v) is 7.81. The maximum absolute atomic E-state index is 13.8. The minimum Gasteiger partial charge on any atom is -0.448 e. The highest BCUT2D eigenvalue weighted by molar-refractivity contribution is 8.00. The largest absolute Gasteiger partial charge is 0.448 e. The lowest BCUT2D eigenvalue weighted by Crippen LogP contribution is -2.70. The normalized spacial score (nSPS) is 19.1. The van der Waals surface area contributed by atoms with Crippen molar-refractivity contribution < 1.29 is 23.9 Å². The molecule has 38 heavy (non-hydrogen) atoms. The molecule has 0 spiro atoms. The maximum Gasteiger partial charge on any atom is 0.408 e. The van der Waals surface area contributed by atoms with Gasteiger partial charge < -0.3 is 14.8 Å². The minimum atomic E-state index is -0.777. The van der Waals surface area contributed by atoms with Gasteiger partial charge in [0.25, 0.3) is 5.91 Å². The van der Waals surface area contributed by atoms with E-state index in [1.165, 1.54) is 16.7 Å². The molecule has 2 aliphatic rings. The van der Waals surface area contributed by atoms with Crippen LogP contribution in [0.5, 0.6) is 0 Å². The van der Waals surface area contributed by atoms with Crippen LogP contribution in [-0.2, 0) is 19.1 Å². The van der Waals surface area contributed by atoms with Gasteiger partial charge in [-0.25, -0.2) is 9.59 Å². The molecule has 2 amide bonds. The summed E-state index contributed by atoms with van der Waals surface area (Å²) < 4.78 is 11.5. The molecule has 2 atom stereocenters. The number of thioether (sulfide) groups is 1. The fraction of sp³-hybridized carbons (Fsp3) is 0.414. The van der Waals surface area contributed by atoms with E-state index in [1.807, 2.05) is 60.7 Å². The number of amides is 2. The van der Waals surface area contributed by atoms with Gasteiger partial charge in [-0.3, -0.25) is 9.69 Å². The van der Waals surface area contributed by atoms with Gasteiger partial charge in [-0.05, 0) is 56.7 Å². The highest BCUT2D eigenvalue weighted by atomic mass is 35.5. The van der Waals surface area contributed by atoms with Crippen molar-refractivity contribution in [1.82, 2.24) is 10.2 Å². The molecule has 9 heteroatoms. The van der Waals surface area contributed by atoms with Gasteiger partial charge >= 0.3 is 12.1 Å². The molecule has 2 aromatic carbocycles. The molecule has 1 saturated heterocycles. The zero-order valence-electron chi connectivity index (χ0n) is 21.8. The van der Waals surface area contributed by atoms with Crippen molar-refractivity contribution >= 4 is 41.3 Å². The number of alkyl carbamates (subject to hydrolysis) is 1. The Morgan fingerprint density at radius 2 is 1.66 bits per heavy atom. The fourth-order valence-electron chi connectivity index (χ4n) is 4.48. The molecule has 0 radical (unpaired) electrons. The minimum absolute atomic E-state index is 0.271. The number of carbonyl (C=O) groups excluding carboxylic acids is 3. The summed E-state index contributed by atoms with van der Waals surface area (Å²) in [6.07, 6.45) is 0.927. The number of carbonyl (C=O) groups is 3. The molecule has 0 saturated carbocycles. The average Bonchev–Trinajstić information content (AvgIpc) is 2.90. The Morgan fingerprint density at radius 1 is 1.05 bits per heavy atom. The zero-order valence-corrected chi connectivity index (χ0v) is 23.4. The van der Waals surface area contributed by atoms with Crippen LogP contribution >= 0.6 is 23.4 Å². The predicted molar refractivity (Wildman–Crippen MR) is 149 cm³/mol. The molecule has 0 unspecified atom stereocenters. The van der Waals surface area contributed by atoms with Crippen LogP contribution in [0.15, 0.2) is 71.9 Å². The van der Waals surface area contributed by atoms with Crippen LogP contribution < -0.4 is 5.32 Å². The van der Waals surface area contributed by atoms with E-state index in [9.17, 15) is 14.4 Å². The quantitative estimate of drug-likeness (QED) is 0.182. The van der Waals surface area contributed by atoms with Crippen molar-refractivity contribution in [2.45, 2.75) is 63.2 Å². The SMILES string of the molecule is CC(C)(C)OC(=O)N[C@@H]1C(=O)N2C(C(=O)OC(c3ccccc3)c3ccccc3)=C(CCCCCl)CS[C@H]12. The second-order valence-electron chi connectivity index (χ2n) is 10.2. The average molecular weight is 557 g/mol. The van der Waals surface area contributed by atoms with Crippen molar-refractivity contribution in [2.75, 3.05) is 11.6 Å². The van der Waals surface area contributed by atoms with Gasteiger partial charge in [0.1, 0.15) is 22.7 Å². The van der Waals surface area contributed by atoms with E-state index < -0.39 is 35.2 Å². The number of unbranched alkanes of at least 4 members (excludes halogenated alkanes) is 1. The molecule has 7 nitrogen and oxygen atoms in total. The van der Waals surface area contributed by atoms with E-state index in [0.29, 0.717) is 18.1 Å². The molecule has 202 valence electrons. The van der Waals surface area contributed by atoms with Gasteiger partial charge in [0.2, 0.25) is 0 Å². The monoisotopic (exact) mass is 556 g/mol. The van der Waals surface area contributed by atoms with E-state index in [0.717, 1.165) is 29.5 Å². The highest BCUT2D eigenvalue weighted by Crippen LogP contribution is 2.42. The Hall–Kier alpha value is -2.97. The Kier molecular flexibility index (Phi) is 9.05. The molecule has 2 heterocycles. The smallest absolute Gasteiger partial charge is 0.408 e. The molecule has 0 aliphatic carbocycles. The molecular weight excluding hydrogens is 524 g/mol. The van der Waals surface area contributed by atoms with E-state index in [1.54, 1.807) is 20.8 Å². The second-order valence-corrected chi connectivity index (χ2v) is 11.7. The summed E-state index contributed by atoms with van der Waals surface area (Å²) in [5, 5.41) is 2.26. The summed E-state index contributed by atoms with van der Waals surface area (Å²) >= 11 is 7.41. The van der Waals surface area contributed by atoms with Crippen molar-refractivity contribution in [1.29, 1.82) is 0 Å². The Labute approximate surface area is 232 Å². The number of alkyl halides is 1. The maximum atomic E-state index is 13.8. The highest BCUT2D eigenvalue weighted by Gasteiger charge is 2.54. The van der Waals surface area contributed by atoms with E-state index in [2.05, 4.69) is 5.32 Å². The lowest BCUT2D eigenvalue weighted by atomic mass is 9.99. The molecule has 0 aromatic heterocycles. The summed E-state index contributed by atoms with van der Waals surface area (Å²) in [4.78, 5) is 41.0. The van der Waals surface area contributed by atoms with Crippen molar-refractivity contribution in [3.63, 3.8) is 0 Å². The van der Waals surface area contributed by atoms with E-state index in [-0.39, 0.29) is 11.6 Å². The summed E-state index contributed by atoms with van der Waals surface area (Å²) in [7, 11) is 0. The Balaban J connectivity index is 1.60. The first-order valence-corrected chi connectivity index (χ1v) is 14.3. The second kappa shape index (κ2) is 12.3. The van der Waals surface area contributed by atoms with Crippen LogP contribution in [0.4, 0.5) is 4.79 Å². The van der Waals surface area contributed by atoms with Crippen LogP contribution in [0.3, 0.4) is 0 Å². The van der Waals surface area contributed by atoms with Crippen LogP contribution in [0, 0.1) is 0 Å². The molecule has 0 bridgehead atoms. The van der Waals surface area contributed by atoms with Gasteiger partial charge in [0, 0.05) is 11.6 Å². The van der Waals surface area contributed by atoms with E-state index in [4.69, 9.17) is 21.1 Å². The fourth-order valence-corrected chi connectivity index (χ4v) is 6.06. The van der Waals surface area contributed by atoms with Crippen LogP contribution in [0.25, 0.3) is 0 Å². The lowest BCUT2D eigenvalue weighted by molar-refractivity contribution is -0.153. The standard InChI is InChI=1S/C29H33ClN2O5S/c1-29(2,3)37-28(35)31-22-25(33)32-23(21(16-10-11-17-30)18-38-26(22)32)27(34)36-24(19-12-6-4-7-13-19)20-14-8-5-9-15-20/h4-9,12-15,22,24,26H,10-11,16-18H2,1-3H3,(H,31,35)/t22-,26-/m1/s1. The predicted octanol–water partition coefficient (Wildman–Crippen LogP) is 5.79. The first-order valence-electron chi connectivity index (χ1n) is 12.7. The number of β-lactam (4-membered cyclic amide) rings is 1. The summed E-state index contributed by atoms with van der Waals surface area (Å²) in [5.74, 6) is 0.163. The molecular formula is C29H33ClN2O5S. The summed E-state index contributed by atoms with van der Waals surface area (Å²) in [5.41, 5.74) is 2.10. The summed E-state index contributed by atoms with van der Waals surface area (Å²) in [6, 6.07) is 18.3. The number of nitrogens with zero attached hydrogens (tertiary/aromatic N) is 1. The number of halogens is 1. The van der Waals surface area contributed by atoms with Crippen LogP contribution in [-0.4, -0.2) is 51.5 Å². The number of hydrogen-bond acceptors (Lipinski definition) is 6. The first-order chi connectivity index (χ1) is 18.2. The van der Waals surface area contributed by atoms with Gasteiger partial charge in [-0.2, -0.15) is 0 Å². The van der Waals surface area contributed by atoms with Gasteiger partial charge in [0.05, 0.1) is 0 Å². The van der Waals surface area contributed by atoms with Gasteiger partial charge in [0.15, 0.2) is 6.10 Å². The topological polar surface area (TPSA) is 84.9 Å². The number of benzene rings is 2. The molecule has 2 aromatic rings. The first kappa shape index (κ1) is 28.0. The molecule has 4 rings (SSSR count). The molecule has 1 fully saturated rings.